The van der Waals surface area contributed by atoms with Crippen molar-refractivity contribution < 1.29 is 0 Å². The maximum Gasteiger partial charge on any atom is 0.262 e. The number of benzene rings is 2. The van der Waals surface area contributed by atoms with Crippen molar-refractivity contribution in [2.75, 3.05) is 0 Å². The van der Waals surface area contributed by atoms with Crippen molar-refractivity contribution in [3.8, 4) is 11.4 Å². The third kappa shape index (κ3) is 1.86. The highest BCUT2D eigenvalue weighted by Gasteiger charge is 2.23. The van der Waals surface area contributed by atoms with E-state index >= 15 is 0 Å². The lowest BCUT2D eigenvalue weighted by molar-refractivity contribution is 0.796. The van der Waals surface area contributed by atoms with Crippen LogP contribution in [0.4, 0.5) is 0 Å². The summed E-state index contributed by atoms with van der Waals surface area (Å²) in [5.41, 5.74) is 3.75. The predicted molar refractivity (Wildman–Crippen MR) is 88.0 cm³/mol. The summed E-state index contributed by atoms with van der Waals surface area (Å²) in [5, 5.41) is 1.32. The van der Waals surface area contributed by atoms with E-state index in [0.717, 1.165) is 21.2 Å². The number of rotatable bonds is 0. The molecule has 4 rings (SSSR count). The minimum absolute atomic E-state index is 0.00766. The van der Waals surface area contributed by atoms with Crippen molar-refractivity contribution in [2.45, 2.75) is 13.5 Å². The van der Waals surface area contributed by atoms with E-state index in [1.54, 1.807) is 4.57 Å². The average Bonchev–Trinajstić information content (AvgIpc) is 2.78. The van der Waals surface area contributed by atoms with Gasteiger partial charge in [-0.3, -0.25) is 9.36 Å². The van der Waals surface area contributed by atoms with Gasteiger partial charge in [0.05, 0.1) is 17.4 Å². The Balaban J connectivity index is 2.12. The molecule has 1 aliphatic rings. The summed E-state index contributed by atoms with van der Waals surface area (Å²) in [6.07, 6.45) is 0. The van der Waals surface area contributed by atoms with Crippen LogP contribution in [-0.4, -0.2) is 9.55 Å². The van der Waals surface area contributed by atoms with E-state index in [1.165, 1.54) is 0 Å². The van der Waals surface area contributed by atoms with Gasteiger partial charge in [0.25, 0.3) is 5.56 Å². The second kappa shape index (κ2) is 4.42. The first kappa shape index (κ1) is 13.0. The van der Waals surface area contributed by atoms with Gasteiger partial charge in [0, 0.05) is 15.1 Å². The van der Waals surface area contributed by atoms with Gasteiger partial charge < -0.3 is 0 Å². The van der Waals surface area contributed by atoms with Gasteiger partial charge in [0.1, 0.15) is 5.82 Å². The molecule has 0 saturated carbocycles. The lowest BCUT2D eigenvalue weighted by atomic mass is 10.1. The first-order valence-electron chi connectivity index (χ1n) is 6.54. The molecule has 2 heterocycles. The zero-order valence-corrected chi connectivity index (χ0v) is 13.5. The van der Waals surface area contributed by atoms with E-state index in [0.29, 0.717) is 28.3 Å². The molecule has 2 aromatic carbocycles. The smallest absolute Gasteiger partial charge is 0.262 e. The van der Waals surface area contributed by atoms with Crippen molar-refractivity contribution in [1.82, 2.24) is 9.55 Å². The molecule has 5 heteroatoms. The third-order valence-corrected chi connectivity index (χ3v) is 4.63. The molecule has 0 aliphatic carbocycles. The Morgan fingerprint density at radius 2 is 2.10 bits per heavy atom. The fourth-order valence-electron chi connectivity index (χ4n) is 2.85. The summed E-state index contributed by atoms with van der Waals surface area (Å²) in [4.78, 5) is 17.4. The molecule has 1 aromatic heterocycles. The number of halogens is 2. The molecule has 0 bridgehead atoms. The summed E-state index contributed by atoms with van der Waals surface area (Å²) >= 11 is 9.55. The lowest BCUT2D eigenvalue weighted by Crippen LogP contribution is -2.20. The number of aryl methyl sites for hydroxylation is 1. The van der Waals surface area contributed by atoms with Crippen LogP contribution in [0.25, 0.3) is 22.3 Å². The maximum atomic E-state index is 12.7. The van der Waals surface area contributed by atoms with Crippen LogP contribution < -0.4 is 5.56 Å². The highest BCUT2D eigenvalue weighted by molar-refractivity contribution is 9.10. The van der Waals surface area contributed by atoms with E-state index < -0.39 is 0 Å². The van der Waals surface area contributed by atoms with Gasteiger partial charge in [-0.2, -0.15) is 0 Å². The minimum atomic E-state index is -0.00766. The van der Waals surface area contributed by atoms with Crippen LogP contribution in [0.2, 0.25) is 5.02 Å². The molecule has 3 nitrogen and oxygen atoms in total. The molecule has 3 aromatic rings. The van der Waals surface area contributed by atoms with Crippen molar-refractivity contribution in [3.63, 3.8) is 0 Å². The Kier molecular flexibility index (Phi) is 2.75. The summed E-state index contributed by atoms with van der Waals surface area (Å²) in [6, 6.07) is 9.52. The first-order valence-corrected chi connectivity index (χ1v) is 7.71. The SMILES string of the molecule is Cc1cc(Br)c2nc3n(c(=O)c2c1)Cc1cc(Cl)ccc1-3. The van der Waals surface area contributed by atoms with E-state index in [9.17, 15) is 4.79 Å². The van der Waals surface area contributed by atoms with Gasteiger partial charge in [0.15, 0.2) is 0 Å². The zero-order chi connectivity index (χ0) is 14.7. The molecule has 104 valence electrons. The van der Waals surface area contributed by atoms with Crippen LogP contribution in [0.15, 0.2) is 39.6 Å². The van der Waals surface area contributed by atoms with Gasteiger partial charge in [-0.05, 0) is 64.3 Å². The standard InChI is InChI=1S/C16H10BrClN2O/c1-8-4-12-14(13(17)5-8)19-15-11-3-2-10(18)6-9(11)7-20(15)16(12)21/h2-6H,7H2,1H3. The Labute approximate surface area is 134 Å². The summed E-state index contributed by atoms with van der Waals surface area (Å²) in [7, 11) is 0. The monoisotopic (exact) mass is 360 g/mol. The molecule has 0 spiro atoms. The van der Waals surface area contributed by atoms with Crippen LogP contribution in [0, 0.1) is 6.92 Å². The van der Waals surface area contributed by atoms with Crippen molar-refractivity contribution in [1.29, 1.82) is 0 Å². The van der Waals surface area contributed by atoms with E-state index in [4.69, 9.17) is 16.6 Å². The molecular formula is C16H10BrClN2O. The van der Waals surface area contributed by atoms with Gasteiger partial charge in [-0.1, -0.05) is 11.6 Å². The highest BCUT2D eigenvalue weighted by Crippen LogP contribution is 2.33. The molecule has 0 atom stereocenters. The molecule has 0 saturated heterocycles. The van der Waals surface area contributed by atoms with E-state index in [-0.39, 0.29) is 5.56 Å². The van der Waals surface area contributed by atoms with Crippen LogP contribution >= 0.6 is 27.5 Å². The largest absolute Gasteiger partial charge is 0.288 e. The zero-order valence-electron chi connectivity index (χ0n) is 11.2. The number of nitrogens with zero attached hydrogens (tertiary/aromatic N) is 2. The molecule has 0 radical (unpaired) electrons. The van der Waals surface area contributed by atoms with Crippen molar-refractivity contribution in [3.05, 3.63) is 61.3 Å². The van der Waals surface area contributed by atoms with Crippen LogP contribution in [0.1, 0.15) is 11.1 Å². The molecular weight excluding hydrogens is 352 g/mol. The highest BCUT2D eigenvalue weighted by atomic mass is 79.9. The Hall–Kier alpha value is -1.65. The summed E-state index contributed by atoms with van der Waals surface area (Å²) in [6.45, 7) is 2.49. The lowest BCUT2D eigenvalue weighted by Gasteiger charge is -2.07. The molecule has 21 heavy (non-hydrogen) atoms. The van der Waals surface area contributed by atoms with Gasteiger partial charge >= 0.3 is 0 Å². The average molecular weight is 362 g/mol. The number of hydrogen-bond donors (Lipinski definition) is 0. The third-order valence-electron chi connectivity index (χ3n) is 3.79. The van der Waals surface area contributed by atoms with Gasteiger partial charge in [-0.25, -0.2) is 4.98 Å². The topological polar surface area (TPSA) is 34.9 Å². The Morgan fingerprint density at radius 3 is 2.90 bits per heavy atom. The van der Waals surface area contributed by atoms with Gasteiger partial charge in [-0.15, -0.1) is 0 Å². The summed E-state index contributed by atoms with van der Waals surface area (Å²) < 4.78 is 2.57. The molecule has 1 aliphatic heterocycles. The first-order chi connectivity index (χ1) is 10.0. The van der Waals surface area contributed by atoms with Gasteiger partial charge in [0.2, 0.25) is 0 Å². The predicted octanol–water partition coefficient (Wildman–Crippen LogP) is 4.15. The Bertz CT molecular complexity index is 978. The number of fused-ring (bicyclic) bond motifs is 4. The quantitative estimate of drug-likeness (QED) is 0.471. The molecule has 0 N–H and O–H groups in total. The second-order valence-electron chi connectivity index (χ2n) is 5.27. The fourth-order valence-corrected chi connectivity index (χ4v) is 3.71. The Morgan fingerprint density at radius 1 is 1.29 bits per heavy atom. The maximum absolute atomic E-state index is 12.7. The molecule has 0 unspecified atom stereocenters. The van der Waals surface area contributed by atoms with Crippen molar-refractivity contribution in [2.24, 2.45) is 0 Å². The van der Waals surface area contributed by atoms with Crippen LogP contribution in [-0.2, 0) is 6.54 Å². The summed E-state index contributed by atoms with van der Waals surface area (Å²) in [5.74, 6) is 0.712. The number of hydrogen-bond acceptors (Lipinski definition) is 2. The second-order valence-corrected chi connectivity index (χ2v) is 6.56. The minimum Gasteiger partial charge on any atom is -0.288 e. The number of aromatic nitrogens is 2. The van der Waals surface area contributed by atoms with E-state index in [1.807, 2.05) is 37.3 Å². The molecule has 0 fully saturated rings. The van der Waals surface area contributed by atoms with E-state index in [2.05, 4.69) is 15.9 Å². The fraction of sp³-hybridized carbons (Fsp3) is 0.125. The normalized spacial score (nSPS) is 12.5. The van der Waals surface area contributed by atoms with Crippen LogP contribution in [0.3, 0.4) is 0 Å². The van der Waals surface area contributed by atoms with Crippen LogP contribution in [0.5, 0.6) is 0 Å². The van der Waals surface area contributed by atoms with Crippen molar-refractivity contribution >= 4 is 38.4 Å². The molecule has 0 amide bonds.